The van der Waals surface area contributed by atoms with Crippen molar-refractivity contribution >= 4 is 39.7 Å². The molecule has 158 valence electrons. The van der Waals surface area contributed by atoms with Crippen LogP contribution in [0.1, 0.15) is 55.4 Å². The van der Waals surface area contributed by atoms with Crippen molar-refractivity contribution < 1.29 is 14.4 Å². The summed E-state index contributed by atoms with van der Waals surface area (Å²) >= 11 is 1.33. The minimum atomic E-state index is -0.557. The van der Waals surface area contributed by atoms with Crippen LogP contribution in [0.3, 0.4) is 0 Å². The highest BCUT2D eigenvalue weighted by Crippen LogP contribution is 2.32. The van der Waals surface area contributed by atoms with Gasteiger partial charge in [0.15, 0.2) is 0 Å². The number of anilines is 1. The van der Waals surface area contributed by atoms with E-state index in [1.165, 1.54) is 11.3 Å². The lowest BCUT2D eigenvalue weighted by atomic mass is 10.1. The molecular formula is C21H25N5O3S. The molecule has 0 aromatic carbocycles. The number of rotatable bonds is 7. The van der Waals surface area contributed by atoms with Gasteiger partial charge in [0, 0.05) is 24.0 Å². The summed E-state index contributed by atoms with van der Waals surface area (Å²) in [4.78, 5) is 41.9. The van der Waals surface area contributed by atoms with Gasteiger partial charge in [-0.1, -0.05) is 6.07 Å². The molecule has 0 saturated heterocycles. The fourth-order valence-corrected chi connectivity index (χ4v) is 4.41. The summed E-state index contributed by atoms with van der Waals surface area (Å²) in [5.41, 5.74) is 9.47. The average molecular weight is 428 g/mol. The predicted octanol–water partition coefficient (Wildman–Crippen LogP) is 2.88. The van der Waals surface area contributed by atoms with Crippen molar-refractivity contribution in [3.05, 3.63) is 51.3 Å². The Morgan fingerprint density at radius 2 is 1.93 bits per heavy atom. The number of nitrogens with one attached hydrogen (secondary N) is 2. The third-order valence-electron chi connectivity index (χ3n) is 4.99. The van der Waals surface area contributed by atoms with Gasteiger partial charge in [-0.05, 0) is 51.3 Å². The molecule has 3 heterocycles. The van der Waals surface area contributed by atoms with Gasteiger partial charge in [-0.2, -0.15) is 0 Å². The lowest BCUT2D eigenvalue weighted by Gasteiger charge is -2.07. The molecular weight excluding hydrogens is 402 g/mol. The zero-order chi connectivity index (χ0) is 22.0. The Morgan fingerprint density at radius 3 is 2.63 bits per heavy atom. The largest absolute Gasteiger partial charge is 0.365 e. The van der Waals surface area contributed by atoms with Gasteiger partial charge in [0.1, 0.15) is 16.3 Å². The molecule has 4 N–H and O–H groups in total. The number of pyridine rings is 1. The summed E-state index contributed by atoms with van der Waals surface area (Å²) in [6, 6.07) is 3.82. The van der Waals surface area contributed by atoms with E-state index >= 15 is 0 Å². The van der Waals surface area contributed by atoms with Gasteiger partial charge in [0.25, 0.3) is 11.8 Å². The Hall–Kier alpha value is -3.20. The van der Waals surface area contributed by atoms with Crippen LogP contribution in [0, 0.1) is 27.7 Å². The Balaban J connectivity index is 1.56. The lowest BCUT2D eigenvalue weighted by Crippen LogP contribution is -2.27. The van der Waals surface area contributed by atoms with Crippen LogP contribution in [0.15, 0.2) is 18.3 Å². The monoisotopic (exact) mass is 427 g/mol. The number of hydrogen-bond acceptors (Lipinski definition) is 5. The molecule has 0 radical (unpaired) electrons. The molecule has 8 nitrogen and oxygen atoms in total. The van der Waals surface area contributed by atoms with Crippen molar-refractivity contribution in [2.45, 2.75) is 40.5 Å². The van der Waals surface area contributed by atoms with Crippen LogP contribution in [0.2, 0.25) is 0 Å². The number of amides is 3. The molecule has 3 rings (SSSR count). The van der Waals surface area contributed by atoms with Crippen molar-refractivity contribution in [2.75, 3.05) is 11.9 Å². The number of thiophene rings is 1. The molecule has 0 unspecified atom stereocenters. The third-order valence-corrected chi connectivity index (χ3v) is 6.11. The number of hydrogen-bond donors (Lipinski definition) is 3. The van der Waals surface area contributed by atoms with Crippen LogP contribution in [0.4, 0.5) is 5.00 Å². The third kappa shape index (κ3) is 4.20. The number of nitrogens with zero attached hydrogens (tertiary/aromatic N) is 2. The first kappa shape index (κ1) is 21.5. The molecule has 3 amide bonds. The van der Waals surface area contributed by atoms with E-state index in [2.05, 4.69) is 15.6 Å². The fraction of sp³-hybridized carbons (Fsp3) is 0.333. The molecule has 9 heteroatoms. The van der Waals surface area contributed by atoms with Gasteiger partial charge < -0.3 is 16.4 Å². The highest BCUT2D eigenvalue weighted by molar-refractivity contribution is 7.16. The van der Waals surface area contributed by atoms with Gasteiger partial charge >= 0.3 is 0 Å². The topological polar surface area (TPSA) is 119 Å². The maximum Gasteiger partial charge on any atom is 0.270 e. The number of carbonyl (C=O) groups is 3. The van der Waals surface area contributed by atoms with E-state index in [0.717, 1.165) is 21.7 Å². The average Bonchev–Trinajstić information content (AvgIpc) is 3.15. The maximum atomic E-state index is 12.6. The Bertz CT molecular complexity index is 1150. The van der Waals surface area contributed by atoms with Crippen LogP contribution < -0.4 is 16.4 Å². The number of imidazole rings is 1. The molecule has 0 bridgehead atoms. The normalized spacial score (nSPS) is 10.9. The van der Waals surface area contributed by atoms with Crippen molar-refractivity contribution in [2.24, 2.45) is 5.73 Å². The quantitative estimate of drug-likeness (QED) is 0.502. The molecule has 30 heavy (non-hydrogen) atoms. The van der Waals surface area contributed by atoms with Crippen LogP contribution >= 0.6 is 11.3 Å². The molecule has 0 aliphatic heterocycles. The van der Waals surface area contributed by atoms with E-state index in [0.29, 0.717) is 34.9 Å². The number of primary amides is 1. The number of aryl methyl sites for hydroxylation is 3. The molecule has 0 saturated carbocycles. The number of fused-ring (bicyclic) bond motifs is 1. The molecule has 0 spiro atoms. The summed E-state index contributed by atoms with van der Waals surface area (Å²) in [6.07, 6.45) is 2.48. The highest BCUT2D eigenvalue weighted by Gasteiger charge is 2.19. The summed E-state index contributed by atoms with van der Waals surface area (Å²) in [5, 5.41) is 6.08. The second kappa shape index (κ2) is 8.66. The molecule has 0 atom stereocenters. The van der Waals surface area contributed by atoms with E-state index < -0.39 is 5.91 Å². The van der Waals surface area contributed by atoms with Crippen molar-refractivity contribution in [1.82, 2.24) is 14.7 Å². The maximum absolute atomic E-state index is 12.6. The first-order valence-electron chi connectivity index (χ1n) is 9.62. The van der Waals surface area contributed by atoms with Crippen LogP contribution in [0.25, 0.3) is 5.65 Å². The first-order valence-corrected chi connectivity index (χ1v) is 10.4. The van der Waals surface area contributed by atoms with E-state index in [1.54, 1.807) is 18.2 Å². The number of carbonyl (C=O) groups excluding carboxylic acids is 3. The second-order valence-electron chi connectivity index (χ2n) is 7.19. The van der Waals surface area contributed by atoms with E-state index in [4.69, 9.17) is 5.73 Å². The fourth-order valence-electron chi connectivity index (χ4n) is 3.33. The number of nitrogens with two attached hydrogens (primary N) is 1. The van der Waals surface area contributed by atoms with Gasteiger partial charge in [0.05, 0.1) is 11.3 Å². The second-order valence-corrected chi connectivity index (χ2v) is 8.41. The minimum absolute atomic E-state index is 0.208. The van der Waals surface area contributed by atoms with E-state index in [1.807, 2.05) is 32.2 Å². The first-order chi connectivity index (χ1) is 14.2. The van der Waals surface area contributed by atoms with Gasteiger partial charge in [-0.15, -0.1) is 11.3 Å². The SMILES string of the molecule is Cc1nc2c(C)cccn2c1C(=O)NCCCC(=O)Nc1sc(C)c(C)c1C(N)=O. The molecule has 0 aliphatic carbocycles. The highest BCUT2D eigenvalue weighted by atomic mass is 32.1. The van der Waals surface area contributed by atoms with Gasteiger partial charge in [0.2, 0.25) is 5.91 Å². The van der Waals surface area contributed by atoms with Gasteiger partial charge in [-0.25, -0.2) is 4.98 Å². The lowest BCUT2D eigenvalue weighted by molar-refractivity contribution is -0.116. The predicted molar refractivity (Wildman–Crippen MR) is 117 cm³/mol. The van der Waals surface area contributed by atoms with Crippen LogP contribution in [-0.2, 0) is 4.79 Å². The summed E-state index contributed by atoms with van der Waals surface area (Å²) in [7, 11) is 0. The number of aromatic nitrogens is 2. The Kier molecular flexibility index (Phi) is 6.21. The van der Waals surface area contributed by atoms with E-state index in [9.17, 15) is 14.4 Å². The minimum Gasteiger partial charge on any atom is -0.365 e. The Labute approximate surface area is 178 Å². The van der Waals surface area contributed by atoms with E-state index in [-0.39, 0.29) is 18.2 Å². The smallest absolute Gasteiger partial charge is 0.270 e. The molecule has 3 aromatic heterocycles. The van der Waals surface area contributed by atoms with Crippen molar-refractivity contribution in [3.63, 3.8) is 0 Å². The van der Waals surface area contributed by atoms with Crippen LogP contribution in [0.5, 0.6) is 0 Å². The van der Waals surface area contributed by atoms with Crippen molar-refractivity contribution in [3.8, 4) is 0 Å². The summed E-state index contributed by atoms with van der Waals surface area (Å²) in [5.74, 6) is -1.01. The molecule has 0 fully saturated rings. The zero-order valence-electron chi connectivity index (χ0n) is 17.5. The van der Waals surface area contributed by atoms with Gasteiger partial charge in [-0.3, -0.25) is 18.8 Å². The standard InChI is InChI=1S/C21H25N5O3S/c1-11-7-6-10-26-17(13(3)24-19(11)26)20(29)23-9-5-8-15(27)25-21-16(18(22)28)12(2)14(4)30-21/h6-7,10H,5,8-9H2,1-4H3,(H2,22,28)(H,23,29)(H,25,27). The summed E-state index contributed by atoms with van der Waals surface area (Å²) < 4.78 is 1.78. The molecule has 0 aliphatic rings. The van der Waals surface area contributed by atoms with Crippen molar-refractivity contribution in [1.29, 1.82) is 0 Å². The zero-order valence-corrected chi connectivity index (χ0v) is 18.3. The molecule has 3 aromatic rings. The van der Waals surface area contributed by atoms with Crippen LogP contribution in [-0.4, -0.2) is 33.7 Å². The summed E-state index contributed by atoms with van der Waals surface area (Å²) in [6.45, 7) is 7.77. The Morgan fingerprint density at radius 1 is 1.20 bits per heavy atom.